The third-order valence-corrected chi connectivity index (χ3v) is 5.22. The molecule has 0 N–H and O–H groups in total. The third-order valence-electron chi connectivity index (χ3n) is 5.22. The maximum Gasteiger partial charge on any atom is 0.260 e. The molecule has 0 aromatic carbocycles. The molecular formula is C21H19N5O3. The highest BCUT2D eigenvalue weighted by atomic mass is 16.5. The van der Waals surface area contributed by atoms with Crippen LogP contribution in [0.3, 0.4) is 0 Å². The number of aldehydes is 1. The molecule has 1 aliphatic rings. The van der Waals surface area contributed by atoms with E-state index in [4.69, 9.17) is 4.74 Å². The lowest BCUT2D eigenvalue weighted by Gasteiger charge is -2.29. The van der Waals surface area contributed by atoms with Crippen molar-refractivity contribution in [2.45, 2.75) is 6.54 Å². The van der Waals surface area contributed by atoms with Gasteiger partial charge in [-0.2, -0.15) is 0 Å². The smallest absolute Gasteiger partial charge is 0.260 e. The Hall–Kier alpha value is -3.52. The molecule has 1 saturated heterocycles. The predicted octanol–water partition coefficient (Wildman–Crippen LogP) is 1.74. The zero-order valence-corrected chi connectivity index (χ0v) is 15.7. The number of pyridine rings is 3. The molecule has 8 nitrogen and oxygen atoms in total. The largest absolute Gasteiger partial charge is 0.378 e. The van der Waals surface area contributed by atoms with Crippen molar-refractivity contribution >= 4 is 28.4 Å². The molecule has 146 valence electrons. The van der Waals surface area contributed by atoms with Gasteiger partial charge in [-0.1, -0.05) is 0 Å². The summed E-state index contributed by atoms with van der Waals surface area (Å²) in [6.45, 7) is 3.26. The lowest BCUT2D eigenvalue weighted by molar-refractivity contribution is 0.112. The normalized spacial score (nSPS) is 14.6. The van der Waals surface area contributed by atoms with Gasteiger partial charge in [0.15, 0.2) is 6.29 Å². The molecule has 0 aliphatic carbocycles. The molecular weight excluding hydrogens is 370 g/mol. The second-order valence-corrected chi connectivity index (χ2v) is 7.05. The average molecular weight is 389 g/mol. The van der Waals surface area contributed by atoms with Crippen molar-refractivity contribution in [1.29, 1.82) is 0 Å². The number of fused-ring (bicyclic) bond motifs is 2. The summed E-state index contributed by atoms with van der Waals surface area (Å²) in [6, 6.07) is 5.47. The first-order valence-corrected chi connectivity index (χ1v) is 9.45. The van der Waals surface area contributed by atoms with Crippen LogP contribution in [0.1, 0.15) is 16.1 Å². The summed E-state index contributed by atoms with van der Waals surface area (Å²) >= 11 is 0. The summed E-state index contributed by atoms with van der Waals surface area (Å²) in [6.07, 6.45) is 9.59. The van der Waals surface area contributed by atoms with Gasteiger partial charge in [-0.25, -0.2) is 4.98 Å². The number of carbonyl (C=O) groups excluding carboxylic acids is 1. The first kappa shape index (κ1) is 17.6. The number of imidazole rings is 1. The van der Waals surface area contributed by atoms with Gasteiger partial charge < -0.3 is 18.6 Å². The Morgan fingerprint density at radius 2 is 1.93 bits per heavy atom. The fourth-order valence-electron chi connectivity index (χ4n) is 3.75. The standard InChI is InChI=1S/C21H19N5O3/c27-14-15-1-2-20-23-16(13-26(20)11-15)12-25-4-3-17-18(21(25)28)9-22-10-19(17)24-5-7-29-8-6-24/h1-4,9-11,13-14H,5-8,12H2. The Labute approximate surface area is 166 Å². The van der Waals surface area contributed by atoms with Crippen LogP contribution in [0.5, 0.6) is 0 Å². The van der Waals surface area contributed by atoms with Gasteiger partial charge in [0.2, 0.25) is 0 Å². The van der Waals surface area contributed by atoms with Gasteiger partial charge in [-0.05, 0) is 18.2 Å². The van der Waals surface area contributed by atoms with Crippen LogP contribution in [-0.4, -0.2) is 51.5 Å². The van der Waals surface area contributed by atoms with Gasteiger partial charge in [0, 0.05) is 48.8 Å². The molecule has 0 spiro atoms. The highest BCUT2D eigenvalue weighted by molar-refractivity contribution is 5.92. The third kappa shape index (κ3) is 3.17. The molecule has 0 atom stereocenters. The van der Waals surface area contributed by atoms with Gasteiger partial charge in [0.05, 0.1) is 42.7 Å². The number of morpholine rings is 1. The van der Waals surface area contributed by atoms with E-state index in [1.165, 1.54) is 0 Å². The quantitative estimate of drug-likeness (QED) is 0.495. The number of anilines is 1. The van der Waals surface area contributed by atoms with E-state index in [-0.39, 0.29) is 5.56 Å². The number of rotatable bonds is 4. The summed E-state index contributed by atoms with van der Waals surface area (Å²) < 4.78 is 8.86. The predicted molar refractivity (Wildman–Crippen MR) is 109 cm³/mol. The van der Waals surface area contributed by atoms with Crippen LogP contribution in [0.2, 0.25) is 0 Å². The molecule has 0 amide bonds. The number of nitrogens with zero attached hydrogens (tertiary/aromatic N) is 5. The molecule has 8 heteroatoms. The summed E-state index contributed by atoms with van der Waals surface area (Å²) in [5, 5.41) is 1.48. The van der Waals surface area contributed by atoms with Crippen molar-refractivity contribution < 1.29 is 9.53 Å². The van der Waals surface area contributed by atoms with Crippen LogP contribution < -0.4 is 10.5 Å². The van der Waals surface area contributed by atoms with Crippen LogP contribution in [0.25, 0.3) is 16.4 Å². The minimum Gasteiger partial charge on any atom is -0.378 e. The fourth-order valence-corrected chi connectivity index (χ4v) is 3.75. The second kappa shape index (κ2) is 7.14. The van der Waals surface area contributed by atoms with Crippen LogP contribution in [-0.2, 0) is 11.3 Å². The number of carbonyl (C=O) groups is 1. The number of hydrogen-bond donors (Lipinski definition) is 0. The number of hydrogen-bond acceptors (Lipinski definition) is 6. The first-order chi connectivity index (χ1) is 14.2. The van der Waals surface area contributed by atoms with Crippen molar-refractivity contribution in [3.05, 3.63) is 70.8 Å². The van der Waals surface area contributed by atoms with Crippen LogP contribution in [0, 0.1) is 0 Å². The zero-order valence-electron chi connectivity index (χ0n) is 15.7. The Kier molecular flexibility index (Phi) is 4.33. The summed E-state index contributed by atoms with van der Waals surface area (Å²) in [7, 11) is 0. The van der Waals surface area contributed by atoms with Crippen molar-refractivity contribution in [3.63, 3.8) is 0 Å². The van der Waals surface area contributed by atoms with E-state index in [1.807, 2.05) is 18.5 Å². The van der Waals surface area contributed by atoms with E-state index in [1.54, 1.807) is 39.7 Å². The Bertz CT molecular complexity index is 1270. The molecule has 5 rings (SSSR count). The van der Waals surface area contributed by atoms with Gasteiger partial charge in [0.1, 0.15) is 5.65 Å². The van der Waals surface area contributed by atoms with E-state index in [2.05, 4.69) is 14.9 Å². The highest BCUT2D eigenvalue weighted by Crippen LogP contribution is 2.24. The second-order valence-electron chi connectivity index (χ2n) is 7.05. The summed E-state index contributed by atoms with van der Waals surface area (Å²) in [4.78, 5) is 35.1. The maximum absolute atomic E-state index is 13.1. The molecule has 0 bridgehead atoms. The van der Waals surface area contributed by atoms with Gasteiger partial charge in [-0.3, -0.25) is 14.6 Å². The van der Waals surface area contributed by atoms with Gasteiger partial charge in [0.25, 0.3) is 5.56 Å². The topological polar surface area (TPSA) is 81.7 Å². The van der Waals surface area contributed by atoms with Gasteiger partial charge >= 0.3 is 0 Å². The first-order valence-electron chi connectivity index (χ1n) is 9.45. The lowest BCUT2D eigenvalue weighted by Crippen LogP contribution is -2.36. The van der Waals surface area contributed by atoms with E-state index >= 15 is 0 Å². The van der Waals surface area contributed by atoms with Crippen molar-refractivity contribution in [2.75, 3.05) is 31.2 Å². The fraction of sp³-hybridized carbons (Fsp3) is 0.238. The van der Waals surface area contributed by atoms with E-state index in [9.17, 15) is 9.59 Å². The SMILES string of the molecule is O=Cc1ccc2nc(Cn3ccc4c(N5CCOCC5)cncc4c3=O)cn2c1. The average Bonchev–Trinajstić information content (AvgIpc) is 3.17. The molecule has 4 aromatic rings. The molecule has 5 heterocycles. The van der Waals surface area contributed by atoms with E-state index < -0.39 is 0 Å². The molecule has 4 aromatic heterocycles. The minimum atomic E-state index is -0.101. The Morgan fingerprint density at radius 3 is 2.76 bits per heavy atom. The number of ether oxygens (including phenoxy) is 1. The zero-order chi connectivity index (χ0) is 19.8. The highest BCUT2D eigenvalue weighted by Gasteiger charge is 2.16. The summed E-state index contributed by atoms with van der Waals surface area (Å²) in [5.41, 5.74) is 2.91. The number of aromatic nitrogens is 4. The minimum absolute atomic E-state index is 0.101. The van der Waals surface area contributed by atoms with Gasteiger partial charge in [-0.15, -0.1) is 0 Å². The molecule has 1 aliphatic heterocycles. The van der Waals surface area contributed by atoms with Crippen molar-refractivity contribution in [2.24, 2.45) is 0 Å². The molecule has 1 fully saturated rings. The monoisotopic (exact) mass is 389 g/mol. The van der Waals surface area contributed by atoms with Crippen molar-refractivity contribution in [1.82, 2.24) is 18.9 Å². The van der Waals surface area contributed by atoms with Crippen LogP contribution >= 0.6 is 0 Å². The molecule has 0 radical (unpaired) electrons. The van der Waals surface area contributed by atoms with E-state index in [0.717, 1.165) is 41.8 Å². The van der Waals surface area contributed by atoms with E-state index in [0.29, 0.717) is 30.7 Å². The molecule has 0 unspecified atom stereocenters. The van der Waals surface area contributed by atoms with Crippen LogP contribution in [0.15, 0.2) is 54.0 Å². The lowest BCUT2D eigenvalue weighted by atomic mass is 10.1. The Balaban J connectivity index is 1.52. The maximum atomic E-state index is 13.1. The van der Waals surface area contributed by atoms with Crippen LogP contribution in [0.4, 0.5) is 5.69 Å². The Morgan fingerprint density at radius 1 is 1.07 bits per heavy atom. The van der Waals surface area contributed by atoms with Crippen molar-refractivity contribution in [3.8, 4) is 0 Å². The molecule has 0 saturated carbocycles. The summed E-state index contributed by atoms with van der Waals surface area (Å²) in [5.74, 6) is 0. The molecule has 29 heavy (non-hydrogen) atoms.